The second-order valence-corrected chi connectivity index (χ2v) is 12.6. The van der Waals surface area contributed by atoms with Gasteiger partial charge in [0.1, 0.15) is 4.21 Å². The summed E-state index contributed by atoms with van der Waals surface area (Å²) in [5.74, 6) is -0.777. The molecule has 12 heteroatoms. The Hall–Kier alpha value is -4.00. The number of ether oxygens (including phenoxy) is 1. The molecule has 41 heavy (non-hydrogen) atoms. The van der Waals surface area contributed by atoms with Crippen molar-refractivity contribution in [2.75, 3.05) is 26.2 Å². The summed E-state index contributed by atoms with van der Waals surface area (Å²) < 4.78 is 35.9. The fourth-order valence-corrected chi connectivity index (χ4v) is 7.43. The van der Waals surface area contributed by atoms with Crippen LogP contribution in [0, 0.1) is 0 Å². The van der Waals surface area contributed by atoms with E-state index >= 15 is 0 Å². The molecule has 2 aromatic carbocycles. The van der Waals surface area contributed by atoms with Gasteiger partial charge in [-0.25, -0.2) is 18.2 Å². The molecule has 0 radical (unpaired) electrons. The van der Waals surface area contributed by atoms with Crippen molar-refractivity contribution in [3.05, 3.63) is 108 Å². The van der Waals surface area contributed by atoms with Crippen molar-refractivity contribution in [1.29, 1.82) is 0 Å². The van der Waals surface area contributed by atoms with Crippen LogP contribution in [0.25, 0.3) is 0 Å². The molecule has 1 aliphatic rings. The van der Waals surface area contributed by atoms with Crippen molar-refractivity contribution in [1.82, 2.24) is 24.1 Å². The molecule has 1 fully saturated rings. The molecule has 1 saturated heterocycles. The third-order valence-corrected chi connectivity index (χ3v) is 10.1. The van der Waals surface area contributed by atoms with E-state index in [1.54, 1.807) is 28.9 Å². The smallest absolute Gasteiger partial charge is 0.408 e. The first-order valence-electron chi connectivity index (χ1n) is 13.3. The van der Waals surface area contributed by atoms with Gasteiger partial charge in [-0.05, 0) is 29.0 Å². The average molecular weight is 594 g/mol. The van der Waals surface area contributed by atoms with E-state index in [-0.39, 0.29) is 29.8 Å². The zero-order chi connectivity index (χ0) is 28.7. The lowest BCUT2D eigenvalue weighted by molar-refractivity contribution is -0.137. The van der Waals surface area contributed by atoms with Crippen LogP contribution in [0.5, 0.6) is 0 Å². The first-order valence-corrected chi connectivity index (χ1v) is 15.6. The quantitative estimate of drug-likeness (QED) is 0.280. The van der Waals surface area contributed by atoms with E-state index in [2.05, 4.69) is 10.3 Å². The lowest BCUT2D eigenvalue weighted by Gasteiger charge is -2.40. The highest BCUT2D eigenvalue weighted by Crippen LogP contribution is 2.30. The van der Waals surface area contributed by atoms with Gasteiger partial charge >= 0.3 is 6.09 Å². The number of carbonyl (C=O) groups is 2. The van der Waals surface area contributed by atoms with Crippen molar-refractivity contribution >= 4 is 33.4 Å². The van der Waals surface area contributed by atoms with Gasteiger partial charge in [-0.1, -0.05) is 66.7 Å². The van der Waals surface area contributed by atoms with Crippen LogP contribution in [-0.2, 0) is 26.1 Å². The van der Waals surface area contributed by atoms with Gasteiger partial charge in [-0.15, -0.1) is 11.3 Å². The number of aryl methyl sites for hydroxylation is 1. The molecule has 214 valence electrons. The second kappa shape index (κ2) is 13.1. The minimum absolute atomic E-state index is 0.0130. The van der Waals surface area contributed by atoms with Crippen LogP contribution >= 0.6 is 11.3 Å². The van der Waals surface area contributed by atoms with E-state index in [9.17, 15) is 18.0 Å². The first-order chi connectivity index (χ1) is 19.9. The van der Waals surface area contributed by atoms with Crippen LogP contribution in [0.1, 0.15) is 23.5 Å². The SMILES string of the molecule is O=C(NCCCn1ccnc1)OC1CN(C(=O)C(c2ccccc2)c2ccccc2)CCN1S(=O)(=O)c1cccs1. The number of nitrogens with one attached hydrogen (secondary N) is 1. The summed E-state index contributed by atoms with van der Waals surface area (Å²) in [7, 11) is -3.94. The zero-order valence-electron chi connectivity index (χ0n) is 22.3. The number of hydrogen-bond donors (Lipinski definition) is 1. The predicted molar refractivity (Wildman–Crippen MR) is 155 cm³/mol. The normalized spacial score (nSPS) is 16.0. The van der Waals surface area contributed by atoms with Crippen LogP contribution < -0.4 is 5.32 Å². The number of aromatic nitrogens is 2. The van der Waals surface area contributed by atoms with E-state index in [1.165, 1.54) is 10.4 Å². The molecule has 0 aliphatic carbocycles. The summed E-state index contributed by atoms with van der Waals surface area (Å²) in [6.45, 7) is 1.04. The summed E-state index contributed by atoms with van der Waals surface area (Å²) in [4.78, 5) is 32.4. The highest BCUT2D eigenvalue weighted by atomic mass is 32.2. The third kappa shape index (κ3) is 6.84. The number of nitrogens with zero attached hydrogens (tertiary/aromatic N) is 4. The summed E-state index contributed by atoms with van der Waals surface area (Å²) in [6, 6.07) is 22.1. The van der Waals surface area contributed by atoms with Gasteiger partial charge in [0.25, 0.3) is 10.0 Å². The summed E-state index contributed by atoms with van der Waals surface area (Å²) in [5.41, 5.74) is 1.65. The molecule has 1 unspecified atom stereocenters. The Balaban J connectivity index is 1.34. The first kappa shape index (κ1) is 28.5. The number of piperazine rings is 1. The van der Waals surface area contributed by atoms with E-state index in [0.717, 1.165) is 22.5 Å². The van der Waals surface area contributed by atoms with E-state index in [4.69, 9.17) is 4.74 Å². The van der Waals surface area contributed by atoms with Crippen molar-refractivity contribution in [3.63, 3.8) is 0 Å². The van der Waals surface area contributed by atoms with Gasteiger partial charge in [0.05, 0.1) is 18.8 Å². The maximum Gasteiger partial charge on any atom is 0.408 e. The van der Waals surface area contributed by atoms with Crippen LogP contribution in [0.2, 0.25) is 0 Å². The monoisotopic (exact) mass is 593 g/mol. The fraction of sp³-hybridized carbons (Fsp3) is 0.276. The molecule has 1 atom stereocenters. The van der Waals surface area contributed by atoms with Crippen LogP contribution in [0.4, 0.5) is 4.79 Å². The molecule has 1 aliphatic heterocycles. The predicted octanol–water partition coefficient (Wildman–Crippen LogP) is 3.75. The van der Waals surface area contributed by atoms with E-state index in [0.29, 0.717) is 19.5 Å². The Bertz CT molecular complexity index is 1470. The Labute approximate surface area is 243 Å². The molecular formula is C29H31N5O5S2. The molecule has 2 aromatic heterocycles. The Morgan fingerprint density at radius 2 is 1.71 bits per heavy atom. The summed E-state index contributed by atoms with van der Waals surface area (Å²) >= 11 is 1.09. The van der Waals surface area contributed by atoms with Gasteiger partial charge in [-0.3, -0.25) is 4.79 Å². The number of sulfonamides is 1. The van der Waals surface area contributed by atoms with Crippen molar-refractivity contribution in [2.24, 2.45) is 0 Å². The van der Waals surface area contributed by atoms with Gasteiger partial charge in [0.15, 0.2) is 6.23 Å². The number of carbonyl (C=O) groups excluding carboxylic acids is 2. The van der Waals surface area contributed by atoms with E-state index in [1.807, 2.05) is 71.4 Å². The van der Waals surface area contributed by atoms with Crippen molar-refractivity contribution in [3.8, 4) is 0 Å². The maximum atomic E-state index is 14.0. The number of imidazole rings is 1. The minimum Gasteiger partial charge on any atom is -0.427 e. The second-order valence-electron chi connectivity index (χ2n) is 9.53. The van der Waals surface area contributed by atoms with Gasteiger partial charge in [-0.2, -0.15) is 4.31 Å². The standard InChI is InChI=1S/C29H31N5O5S2/c35-28(27(23-9-3-1-4-10-23)24-11-5-2-6-12-24)33-18-19-34(41(37,38)26-13-7-20-40-26)25(21-33)39-29(36)31-14-8-16-32-17-15-30-22-32/h1-7,9-13,15,17,20,22,25,27H,8,14,16,18-19,21H2,(H,31,36). The maximum absolute atomic E-state index is 14.0. The number of rotatable bonds is 10. The van der Waals surface area contributed by atoms with Gasteiger partial charge in [0.2, 0.25) is 5.91 Å². The highest BCUT2D eigenvalue weighted by molar-refractivity contribution is 7.91. The Kier molecular flexibility index (Phi) is 9.12. The zero-order valence-corrected chi connectivity index (χ0v) is 23.9. The molecule has 3 heterocycles. The van der Waals surface area contributed by atoms with Crippen molar-refractivity contribution in [2.45, 2.75) is 29.3 Å². The third-order valence-electron chi connectivity index (χ3n) is 6.84. The molecule has 4 aromatic rings. The highest BCUT2D eigenvalue weighted by Gasteiger charge is 2.41. The molecule has 0 saturated carbocycles. The number of benzene rings is 2. The van der Waals surface area contributed by atoms with Gasteiger partial charge < -0.3 is 19.5 Å². The molecular weight excluding hydrogens is 562 g/mol. The van der Waals surface area contributed by atoms with Crippen LogP contribution in [0.15, 0.2) is 101 Å². The van der Waals surface area contributed by atoms with Gasteiger partial charge in [0, 0.05) is 38.6 Å². The lowest BCUT2D eigenvalue weighted by atomic mass is 9.90. The number of hydrogen-bond acceptors (Lipinski definition) is 7. The van der Waals surface area contributed by atoms with Crippen LogP contribution in [-0.4, -0.2) is 71.6 Å². The molecule has 5 rings (SSSR count). The molecule has 0 bridgehead atoms. The van der Waals surface area contributed by atoms with E-state index < -0.39 is 28.3 Å². The molecule has 0 spiro atoms. The Morgan fingerprint density at radius 3 is 2.32 bits per heavy atom. The number of thiophene rings is 1. The van der Waals surface area contributed by atoms with Crippen LogP contribution in [0.3, 0.4) is 0 Å². The average Bonchev–Trinajstić information content (AvgIpc) is 3.72. The fourth-order valence-electron chi connectivity index (χ4n) is 4.82. The number of alkyl carbamates (subject to hydrolysis) is 1. The molecule has 2 amide bonds. The minimum atomic E-state index is -3.94. The lowest BCUT2D eigenvalue weighted by Crippen LogP contribution is -2.59. The summed E-state index contributed by atoms with van der Waals surface area (Å²) in [6.07, 6.45) is 3.90. The largest absolute Gasteiger partial charge is 0.427 e. The number of amides is 2. The topological polar surface area (TPSA) is 114 Å². The Morgan fingerprint density at radius 1 is 1.00 bits per heavy atom. The summed E-state index contributed by atoms with van der Waals surface area (Å²) in [5, 5.41) is 4.38. The molecule has 10 nitrogen and oxygen atoms in total. The molecule has 1 N–H and O–H groups in total. The van der Waals surface area contributed by atoms with Crippen molar-refractivity contribution < 1.29 is 22.7 Å².